The Labute approximate surface area is 396 Å². The Kier molecular flexibility index (Phi) is 8.79. The Bertz CT molecular complexity index is 4290. The van der Waals surface area contributed by atoms with Gasteiger partial charge in [-0.3, -0.25) is 0 Å². The molecule has 0 spiro atoms. The van der Waals surface area contributed by atoms with Crippen molar-refractivity contribution in [1.82, 2.24) is 19.5 Å². The Balaban J connectivity index is 0.862. The summed E-state index contributed by atoms with van der Waals surface area (Å²) in [4.78, 5) is 15.3. The number of furan rings is 2. The van der Waals surface area contributed by atoms with E-state index in [1.54, 1.807) is 0 Å². The van der Waals surface area contributed by atoms with E-state index >= 15 is 0 Å². The molecule has 0 bridgehead atoms. The molecular weight excluding hydrogens is 845 g/mol. The van der Waals surface area contributed by atoms with Crippen molar-refractivity contribution >= 4 is 65.7 Å². The van der Waals surface area contributed by atoms with Crippen molar-refractivity contribution in [2.45, 2.75) is 0 Å². The molecule has 0 aliphatic carbocycles. The summed E-state index contributed by atoms with van der Waals surface area (Å²) in [6.07, 6.45) is 0. The Hall–Kier alpha value is -9.39. The third kappa shape index (κ3) is 6.45. The third-order valence-electron chi connectivity index (χ3n) is 13.5. The average Bonchev–Trinajstić information content (AvgIpc) is 4.10. The highest BCUT2D eigenvalue weighted by Gasteiger charge is 2.21. The van der Waals surface area contributed by atoms with E-state index in [-0.39, 0.29) is 0 Å². The number of hydrogen-bond donors (Lipinski definition) is 0. The Morgan fingerprint density at radius 1 is 0.290 bits per heavy atom. The van der Waals surface area contributed by atoms with Gasteiger partial charge in [-0.05, 0) is 76.3 Å². The summed E-state index contributed by atoms with van der Waals surface area (Å²) in [5.74, 6) is 1.78. The van der Waals surface area contributed by atoms with Gasteiger partial charge in [-0.2, -0.15) is 0 Å². The number of aromatic nitrogens is 4. The van der Waals surface area contributed by atoms with Crippen molar-refractivity contribution in [3.8, 4) is 73.2 Å². The van der Waals surface area contributed by atoms with Crippen LogP contribution < -0.4 is 0 Å². The van der Waals surface area contributed by atoms with Gasteiger partial charge in [-0.1, -0.05) is 176 Å². The topological polar surface area (TPSA) is 69.9 Å². The maximum atomic E-state index is 6.88. The second kappa shape index (κ2) is 15.6. The van der Waals surface area contributed by atoms with Gasteiger partial charge in [0.15, 0.2) is 17.5 Å². The number of nitrogens with zero attached hydrogens (tertiary/aromatic N) is 4. The molecule has 0 radical (unpaired) electrons. The molecule has 0 N–H and O–H groups in total. The highest BCUT2D eigenvalue weighted by molar-refractivity contribution is 6.15. The van der Waals surface area contributed by atoms with Gasteiger partial charge in [0, 0.05) is 66.3 Å². The molecule has 0 atom stereocenters. The van der Waals surface area contributed by atoms with Crippen LogP contribution in [0.3, 0.4) is 0 Å². The van der Waals surface area contributed by atoms with Crippen LogP contribution in [0, 0.1) is 0 Å². The fourth-order valence-corrected chi connectivity index (χ4v) is 10.2. The van der Waals surface area contributed by atoms with Crippen LogP contribution >= 0.6 is 0 Å². The van der Waals surface area contributed by atoms with Crippen LogP contribution in [0.4, 0.5) is 0 Å². The molecule has 4 heterocycles. The Morgan fingerprint density at radius 3 is 1.62 bits per heavy atom. The first kappa shape index (κ1) is 38.8. The monoisotopic (exact) mass is 882 g/mol. The van der Waals surface area contributed by atoms with E-state index in [1.165, 1.54) is 21.9 Å². The lowest BCUT2D eigenvalue weighted by Crippen LogP contribution is -2.00. The quantitative estimate of drug-likeness (QED) is 0.159. The van der Waals surface area contributed by atoms with E-state index in [2.05, 4.69) is 187 Å². The predicted molar refractivity (Wildman–Crippen MR) is 281 cm³/mol. The lowest BCUT2D eigenvalue weighted by molar-refractivity contribution is 0.668. The minimum absolute atomic E-state index is 0.576. The van der Waals surface area contributed by atoms with Crippen molar-refractivity contribution in [3.05, 3.63) is 231 Å². The number of benzene rings is 10. The second-order valence-electron chi connectivity index (χ2n) is 17.5. The van der Waals surface area contributed by atoms with E-state index in [1.807, 2.05) is 48.5 Å². The van der Waals surface area contributed by atoms with Crippen LogP contribution in [0.15, 0.2) is 239 Å². The molecule has 69 heavy (non-hydrogen) atoms. The summed E-state index contributed by atoms with van der Waals surface area (Å²) in [6.45, 7) is 0. The summed E-state index contributed by atoms with van der Waals surface area (Å²) < 4.78 is 15.9. The van der Waals surface area contributed by atoms with Crippen molar-refractivity contribution in [3.63, 3.8) is 0 Å². The summed E-state index contributed by atoms with van der Waals surface area (Å²) in [6, 6.07) is 80.3. The molecule has 322 valence electrons. The van der Waals surface area contributed by atoms with Gasteiger partial charge in [-0.25, -0.2) is 15.0 Å². The zero-order valence-electron chi connectivity index (χ0n) is 37.0. The number of para-hydroxylation sites is 2. The molecule has 14 aromatic rings. The summed E-state index contributed by atoms with van der Waals surface area (Å²) in [5.41, 5.74) is 15.9. The smallest absolute Gasteiger partial charge is 0.164 e. The normalized spacial score (nSPS) is 11.8. The fraction of sp³-hybridized carbons (Fsp3) is 0. The van der Waals surface area contributed by atoms with Gasteiger partial charge in [-0.15, -0.1) is 0 Å². The maximum absolute atomic E-state index is 6.88. The van der Waals surface area contributed by atoms with Crippen molar-refractivity contribution in [1.29, 1.82) is 0 Å². The molecule has 4 aromatic heterocycles. The molecular formula is C63H38N4O2. The highest BCUT2D eigenvalue weighted by atomic mass is 16.3. The fourth-order valence-electron chi connectivity index (χ4n) is 10.2. The van der Waals surface area contributed by atoms with Crippen molar-refractivity contribution in [2.24, 2.45) is 0 Å². The molecule has 0 saturated heterocycles. The summed E-state index contributed by atoms with van der Waals surface area (Å²) in [7, 11) is 0. The largest absolute Gasteiger partial charge is 0.456 e. The molecule has 0 unspecified atom stereocenters. The lowest BCUT2D eigenvalue weighted by atomic mass is 9.99. The van der Waals surface area contributed by atoms with Crippen molar-refractivity contribution < 1.29 is 8.83 Å². The zero-order valence-corrected chi connectivity index (χ0v) is 37.0. The Morgan fingerprint density at radius 2 is 0.841 bits per heavy atom. The van der Waals surface area contributed by atoms with Gasteiger partial charge in [0.2, 0.25) is 0 Å². The van der Waals surface area contributed by atoms with E-state index in [4.69, 9.17) is 23.8 Å². The first-order valence-corrected chi connectivity index (χ1v) is 23.2. The van der Waals surface area contributed by atoms with E-state index < -0.39 is 0 Å². The predicted octanol–water partition coefficient (Wildman–Crippen LogP) is 16.8. The number of fused-ring (bicyclic) bond motifs is 9. The van der Waals surface area contributed by atoms with E-state index in [9.17, 15) is 0 Å². The van der Waals surface area contributed by atoms with Gasteiger partial charge in [0.25, 0.3) is 0 Å². The van der Waals surface area contributed by atoms with E-state index in [0.29, 0.717) is 17.5 Å². The molecule has 6 heteroatoms. The molecule has 0 fully saturated rings. The van der Waals surface area contributed by atoms with Crippen LogP contribution in [0.25, 0.3) is 139 Å². The molecule has 0 aliphatic heterocycles. The van der Waals surface area contributed by atoms with Gasteiger partial charge < -0.3 is 13.4 Å². The van der Waals surface area contributed by atoms with Crippen LogP contribution in [-0.4, -0.2) is 19.5 Å². The molecule has 14 rings (SSSR count). The summed E-state index contributed by atoms with van der Waals surface area (Å²) in [5, 5.41) is 6.48. The van der Waals surface area contributed by atoms with Crippen LogP contribution in [0.1, 0.15) is 0 Å². The van der Waals surface area contributed by atoms with Crippen LogP contribution in [0.2, 0.25) is 0 Å². The third-order valence-corrected chi connectivity index (χ3v) is 13.5. The van der Waals surface area contributed by atoms with Gasteiger partial charge >= 0.3 is 0 Å². The van der Waals surface area contributed by atoms with Crippen molar-refractivity contribution in [2.75, 3.05) is 0 Å². The first-order chi connectivity index (χ1) is 34.2. The van der Waals surface area contributed by atoms with Crippen LogP contribution in [-0.2, 0) is 0 Å². The molecule has 10 aromatic carbocycles. The number of hydrogen-bond acceptors (Lipinski definition) is 5. The minimum atomic E-state index is 0.576. The first-order valence-electron chi connectivity index (χ1n) is 23.2. The maximum Gasteiger partial charge on any atom is 0.164 e. The number of rotatable bonds is 7. The zero-order chi connectivity index (χ0) is 45.4. The molecule has 0 aliphatic rings. The van der Waals surface area contributed by atoms with Crippen LogP contribution in [0.5, 0.6) is 0 Å². The van der Waals surface area contributed by atoms with E-state index in [0.717, 1.165) is 99.5 Å². The summed E-state index contributed by atoms with van der Waals surface area (Å²) >= 11 is 0. The molecule has 0 saturated carbocycles. The standard InChI is InChI=1S/C63H38N4O2/c1-4-14-39(15-5-1)41-26-28-43(29-27-41)62-64-61(42-18-8-3-9-19-42)65-63(66-62)52-23-13-25-56-59(52)51-33-30-45(37-57(51)68-56)47-21-12-22-50-49-34-32-46(38-58(49)69-60(47)50)67-54-24-11-10-20-48(54)53-36-44(31-35-55(53)67)40-16-6-2-7-17-40/h1-38H. The average molecular weight is 883 g/mol. The van der Waals surface area contributed by atoms with Gasteiger partial charge in [0.1, 0.15) is 22.3 Å². The molecule has 6 nitrogen and oxygen atoms in total. The van der Waals surface area contributed by atoms with Gasteiger partial charge in [0.05, 0.1) is 11.0 Å². The minimum Gasteiger partial charge on any atom is -0.456 e. The highest BCUT2D eigenvalue weighted by Crippen LogP contribution is 2.42. The second-order valence-corrected chi connectivity index (χ2v) is 17.5. The SMILES string of the molecule is c1ccc(-c2ccc(-c3nc(-c4ccccc4)nc(-c4cccc5oc6cc(-c7cccc8c7oc7cc(-n9c%10ccccc%10c%10cc(-c%11ccccc%11)ccc%109)ccc78)ccc6c45)n3)cc2)cc1. The molecule has 0 amide bonds. The lowest BCUT2D eigenvalue weighted by Gasteiger charge is -2.10.